The van der Waals surface area contributed by atoms with Crippen LogP contribution in [0, 0.1) is 11.8 Å². The van der Waals surface area contributed by atoms with Gasteiger partial charge in [0.15, 0.2) is 0 Å². The minimum atomic E-state index is 0.429. The smallest absolute Gasteiger partial charge is 0.0307 e. The number of unbranched alkanes of at least 4 members (excludes halogenated alkanes) is 1. The van der Waals surface area contributed by atoms with E-state index in [4.69, 9.17) is 0 Å². The van der Waals surface area contributed by atoms with Crippen LogP contribution in [0.2, 0.25) is 0 Å². The van der Waals surface area contributed by atoms with E-state index in [9.17, 15) is 0 Å². The van der Waals surface area contributed by atoms with Gasteiger partial charge in [0.1, 0.15) is 0 Å². The second-order valence-corrected chi connectivity index (χ2v) is 7.26. The Hall–Kier alpha value is -1.08. The van der Waals surface area contributed by atoms with Crippen molar-refractivity contribution in [3.05, 3.63) is 49.1 Å². The first-order valence-corrected chi connectivity index (χ1v) is 9.73. The van der Waals surface area contributed by atoms with E-state index >= 15 is 0 Å². The predicted octanol–water partition coefficient (Wildman–Crippen LogP) is 6.79. The molecule has 0 N–H and O–H groups in total. The Morgan fingerprint density at radius 2 is 1.75 bits per heavy atom. The molecule has 2 atom stereocenters. The van der Waals surface area contributed by atoms with Gasteiger partial charge in [0, 0.05) is 12.6 Å². The van der Waals surface area contributed by atoms with Crippen LogP contribution in [-0.4, -0.2) is 24.5 Å². The van der Waals surface area contributed by atoms with Gasteiger partial charge in [-0.1, -0.05) is 76.6 Å². The van der Waals surface area contributed by atoms with Crippen molar-refractivity contribution in [1.29, 1.82) is 0 Å². The van der Waals surface area contributed by atoms with Gasteiger partial charge in [-0.3, -0.25) is 4.90 Å². The largest absolute Gasteiger partial charge is 0.296 e. The van der Waals surface area contributed by atoms with Crippen LogP contribution in [-0.2, 0) is 0 Å². The van der Waals surface area contributed by atoms with Gasteiger partial charge in [0.2, 0.25) is 0 Å². The van der Waals surface area contributed by atoms with Gasteiger partial charge < -0.3 is 0 Å². The summed E-state index contributed by atoms with van der Waals surface area (Å²) < 4.78 is 0. The quantitative estimate of drug-likeness (QED) is 0.250. The lowest BCUT2D eigenvalue weighted by Crippen LogP contribution is -2.36. The molecule has 0 amide bonds. The maximum atomic E-state index is 4.39. The topological polar surface area (TPSA) is 3.24 Å². The lowest BCUT2D eigenvalue weighted by atomic mass is 9.90. The van der Waals surface area contributed by atoms with Crippen molar-refractivity contribution in [3.8, 4) is 0 Å². The zero-order valence-corrected chi connectivity index (χ0v) is 17.0. The molecular formula is C23H41N. The van der Waals surface area contributed by atoms with Gasteiger partial charge in [-0.25, -0.2) is 0 Å². The van der Waals surface area contributed by atoms with E-state index in [1.165, 1.54) is 30.4 Å². The predicted molar refractivity (Wildman–Crippen MR) is 111 cm³/mol. The normalized spacial score (nSPS) is 14.3. The minimum Gasteiger partial charge on any atom is -0.296 e. The monoisotopic (exact) mass is 331 g/mol. The van der Waals surface area contributed by atoms with Crippen molar-refractivity contribution < 1.29 is 0 Å². The molecule has 0 rings (SSSR count). The molecule has 0 radical (unpaired) electrons. The number of likely N-dealkylation sites (N-methyl/N-ethyl adjacent to an activating group) is 1. The Balaban J connectivity index is 4.80. The first kappa shape index (κ1) is 22.9. The lowest BCUT2D eigenvalue weighted by molar-refractivity contribution is 0.260. The standard InChI is InChI=1S/C23H41N/c1-9-12-13-14-15-17-23(21(7)19(4)5)24(8)18-20(6)22(11-3)16-10-2/h11-13,19,22-23H,3,6-7,9-10,14-18H2,1-2,4-5,8H3/b13-12+. The molecule has 0 spiro atoms. The second-order valence-electron chi connectivity index (χ2n) is 7.26. The molecule has 2 unspecified atom stereocenters. The Labute approximate surface area is 152 Å². The summed E-state index contributed by atoms with van der Waals surface area (Å²) in [4.78, 5) is 2.44. The van der Waals surface area contributed by atoms with Crippen LogP contribution in [0.5, 0.6) is 0 Å². The van der Waals surface area contributed by atoms with E-state index in [2.05, 4.69) is 77.6 Å². The van der Waals surface area contributed by atoms with E-state index in [-0.39, 0.29) is 0 Å². The van der Waals surface area contributed by atoms with Crippen molar-refractivity contribution in [3.63, 3.8) is 0 Å². The molecule has 0 aliphatic rings. The summed E-state index contributed by atoms with van der Waals surface area (Å²) in [5.41, 5.74) is 2.62. The number of nitrogens with zero attached hydrogens (tertiary/aromatic N) is 1. The van der Waals surface area contributed by atoms with Crippen molar-refractivity contribution >= 4 is 0 Å². The third kappa shape index (κ3) is 8.68. The summed E-state index contributed by atoms with van der Waals surface area (Å²) in [6, 6.07) is 0.434. The van der Waals surface area contributed by atoms with Gasteiger partial charge in [0.05, 0.1) is 0 Å². The summed E-state index contributed by atoms with van der Waals surface area (Å²) in [6.45, 7) is 22.6. The Bertz CT molecular complexity index is 402. The van der Waals surface area contributed by atoms with Crippen molar-refractivity contribution in [2.45, 2.75) is 72.3 Å². The first-order valence-electron chi connectivity index (χ1n) is 9.73. The molecule has 0 aliphatic carbocycles. The van der Waals surface area contributed by atoms with Crippen molar-refractivity contribution in [2.75, 3.05) is 13.6 Å². The third-order valence-electron chi connectivity index (χ3n) is 4.81. The fraction of sp³-hybridized carbons (Fsp3) is 0.652. The molecule has 0 aliphatic heterocycles. The third-order valence-corrected chi connectivity index (χ3v) is 4.81. The number of allylic oxidation sites excluding steroid dienone is 3. The molecule has 1 nitrogen and oxygen atoms in total. The number of rotatable bonds is 14. The molecule has 24 heavy (non-hydrogen) atoms. The summed E-state index contributed by atoms with van der Waals surface area (Å²) in [7, 11) is 2.22. The van der Waals surface area contributed by atoms with Gasteiger partial charge in [0.25, 0.3) is 0 Å². The number of hydrogen-bond acceptors (Lipinski definition) is 1. The van der Waals surface area contributed by atoms with E-state index in [1.54, 1.807) is 0 Å². The van der Waals surface area contributed by atoms with Crippen LogP contribution in [0.4, 0.5) is 0 Å². The molecule has 138 valence electrons. The number of hydrogen-bond donors (Lipinski definition) is 0. The summed E-state index contributed by atoms with van der Waals surface area (Å²) in [5, 5.41) is 0. The fourth-order valence-corrected chi connectivity index (χ4v) is 3.13. The van der Waals surface area contributed by atoms with Crippen LogP contribution >= 0.6 is 0 Å². The second kappa shape index (κ2) is 13.2. The van der Waals surface area contributed by atoms with Crippen molar-refractivity contribution in [1.82, 2.24) is 4.90 Å². The summed E-state index contributed by atoms with van der Waals surface area (Å²) in [5.74, 6) is 0.945. The average molecular weight is 332 g/mol. The van der Waals surface area contributed by atoms with E-state index < -0.39 is 0 Å². The van der Waals surface area contributed by atoms with Crippen LogP contribution in [0.15, 0.2) is 49.1 Å². The molecule has 0 fully saturated rings. The molecule has 0 saturated carbocycles. The summed E-state index contributed by atoms with van der Waals surface area (Å²) >= 11 is 0. The maximum absolute atomic E-state index is 4.39. The Kier molecular flexibility index (Phi) is 12.6. The molecule has 0 saturated heterocycles. The Morgan fingerprint density at radius 1 is 1.08 bits per heavy atom. The molecular weight excluding hydrogens is 290 g/mol. The van der Waals surface area contributed by atoms with Crippen LogP contribution < -0.4 is 0 Å². The van der Waals surface area contributed by atoms with E-state index in [0.717, 1.165) is 25.8 Å². The molecule has 1 heteroatoms. The highest BCUT2D eigenvalue weighted by atomic mass is 15.1. The maximum Gasteiger partial charge on any atom is 0.0307 e. The van der Waals surface area contributed by atoms with E-state index in [0.29, 0.717) is 17.9 Å². The fourth-order valence-electron chi connectivity index (χ4n) is 3.13. The summed E-state index contributed by atoms with van der Waals surface area (Å²) in [6.07, 6.45) is 13.6. The van der Waals surface area contributed by atoms with Crippen LogP contribution in [0.25, 0.3) is 0 Å². The molecule has 0 aromatic rings. The van der Waals surface area contributed by atoms with Gasteiger partial charge in [-0.15, -0.1) is 6.58 Å². The molecule has 0 aromatic carbocycles. The highest BCUT2D eigenvalue weighted by Crippen LogP contribution is 2.24. The van der Waals surface area contributed by atoms with Gasteiger partial charge in [-0.05, 0) is 51.0 Å². The zero-order chi connectivity index (χ0) is 18.5. The van der Waals surface area contributed by atoms with Crippen molar-refractivity contribution in [2.24, 2.45) is 11.8 Å². The molecule has 0 heterocycles. The lowest BCUT2D eigenvalue weighted by Gasteiger charge is -2.33. The highest BCUT2D eigenvalue weighted by molar-refractivity contribution is 5.14. The minimum absolute atomic E-state index is 0.429. The van der Waals surface area contributed by atoms with Gasteiger partial charge in [-0.2, -0.15) is 0 Å². The van der Waals surface area contributed by atoms with Gasteiger partial charge >= 0.3 is 0 Å². The molecule has 0 bridgehead atoms. The highest BCUT2D eigenvalue weighted by Gasteiger charge is 2.21. The van der Waals surface area contributed by atoms with Crippen LogP contribution in [0.3, 0.4) is 0 Å². The SMILES string of the molecule is C=CC(CCC)C(=C)CN(C)C(CCC/C=C/CC)C(=C)C(C)C. The van der Waals surface area contributed by atoms with Crippen LogP contribution in [0.1, 0.15) is 66.2 Å². The van der Waals surface area contributed by atoms with E-state index in [1.807, 2.05) is 0 Å². The molecule has 0 aromatic heterocycles. The zero-order valence-electron chi connectivity index (χ0n) is 17.0. The Morgan fingerprint density at radius 3 is 2.25 bits per heavy atom. The average Bonchev–Trinajstić information content (AvgIpc) is 2.54. The first-order chi connectivity index (χ1) is 11.4.